The predicted molar refractivity (Wildman–Crippen MR) is 53.6 cm³/mol. The molecule has 1 saturated heterocycles. The lowest BCUT2D eigenvalue weighted by atomic mass is 10.1. The zero-order chi connectivity index (χ0) is 9.52. The average molecular weight is 186 g/mol. The first-order chi connectivity index (χ1) is 6.33. The summed E-state index contributed by atoms with van der Waals surface area (Å²) in [5.41, 5.74) is 0. The van der Waals surface area contributed by atoms with Crippen molar-refractivity contribution in [3.05, 3.63) is 0 Å². The summed E-state index contributed by atoms with van der Waals surface area (Å²) in [4.78, 5) is 0. The van der Waals surface area contributed by atoms with Crippen LogP contribution in [-0.2, 0) is 9.47 Å². The Bertz CT molecular complexity index is 119. The smallest absolute Gasteiger partial charge is 0.157 e. The minimum absolute atomic E-state index is 0.0908. The molecule has 0 N–H and O–H groups in total. The van der Waals surface area contributed by atoms with Gasteiger partial charge in [-0.25, -0.2) is 0 Å². The van der Waals surface area contributed by atoms with E-state index in [1.54, 1.807) is 0 Å². The fourth-order valence-electron chi connectivity index (χ4n) is 1.69. The van der Waals surface area contributed by atoms with Crippen molar-refractivity contribution in [2.45, 2.75) is 52.2 Å². The van der Waals surface area contributed by atoms with Crippen LogP contribution in [0.5, 0.6) is 0 Å². The van der Waals surface area contributed by atoms with Crippen molar-refractivity contribution < 1.29 is 9.47 Å². The van der Waals surface area contributed by atoms with Gasteiger partial charge in [-0.05, 0) is 31.6 Å². The third-order valence-electron chi connectivity index (χ3n) is 2.49. The molecule has 2 unspecified atom stereocenters. The standard InChI is InChI=1S/C11H22O2/c1-3-6-10(2)9-13-11-7-4-5-8-12-11/h10-11H,3-9H2,1-2H3. The lowest BCUT2D eigenvalue weighted by Gasteiger charge is -2.24. The van der Waals surface area contributed by atoms with E-state index in [2.05, 4.69) is 13.8 Å². The van der Waals surface area contributed by atoms with E-state index < -0.39 is 0 Å². The van der Waals surface area contributed by atoms with Gasteiger partial charge < -0.3 is 9.47 Å². The third-order valence-corrected chi connectivity index (χ3v) is 2.49. The quantitative estimate of drug-likeness (QED) is 0.657. The highest BCUT2D eigenvalue weighted by molar-refractivity contribution is 4.56. The van der Waals surface area contributed by atoms with Gasteiger partial charge in [-0.3, -0.25) is 0 Å². The summed E-state index contributed by atoms with van der Waals surface area (Å²) >= 11 is 0. The molecule has 0 amide bonds. The Kier molecular flexibility index (Phi) is 5.40. The Balaban J connectivity index is 2.03. The molecular weight excluding hydrogens is 164 g/mol. The first-order valence-corrected chi connectivity index (χ1v) is 5.56. The normalized spacial score (nSPS) is 25.8. The van der Waals surface area contributed by atoms with Gasteiger partial charge in [-0.2, -0.15) is 0 Å². The third kappa shape index (κ3) is 4.63. The van der Waals surface area contributed by atoms with Crippen LogP contribution >= 0.6 is 0 Å². The maximum atomic E-state index is 5.68. The lowest BCUT2D eigenvalue weighted by molar-refractivity contribution is -0.168. The minimum atomic E-state index is 0.0908. The van der Waals surface area contributed by atoms with Crippen molar-refractivity contribution in [3.8, 4) is 0 Å². The van der Waals surface area contributed by atoms with E-state index in [-0.39, 0.29) is 6.29 Å². The molecule has 0 bridgehead atoms. The van der Waals surface area contributed by atoms with Crippen molar-refractivity contribution in [2.24, 2.45) is 5.92 Å². The highest BCUT2D eigenvalue weighted by Crippen LogP contribution is 2.15. The number of hydrogen-bond donors (Lipinski definition) is 0. The summed E-state index contributed by atoms with van der Waals surface area (Å²) in [5, 5.41) is 0. The fourth-order valence-corrected chi connectivity index (χ4v) is 1.69. The van der Waals surface area contributed by atoms with E-state index in [9.17, 15) is 0 Å². The van der Waals surface area contributed by atoms with Gasteiger partial charge in [0.25, 0.3) is 0 Å². The summed E-state index contributed by atoms with van der Waals surface area (Å²) in [6.07, 6.45) is 6.13. The summed E-state index contributed by atoms with van der Waals surface area (Å²) in [5.74, 6) is 0.676. The zero-order valence-corrected chi connectivity index (χ0v) is 8.92. The van der Waals surface area contributed by atoms with Crippen LogP contribution in [0.15, 0.2) is 0 Å². The number of hydrogen-bond acceptors (Lipinski definition) is 2. The van der Waals surface area contributed by atoms with Gasteiger partial charge >= 0.3 is 0 Å². The maximum absolute atomic E-state index is 5.68. The van der Waals surface area contributed by atoms with Crippen molar-refractivity contribution >= 4 is 0 Å². The van der Waals surface area contributed by atoms with Gasteiger partial charge in [0.1, 0.15) is 0 Å². The molecule has 0 aliphatic carbocycles. The van der Waals surface area contributed by atoms with Gasteiger partial charge in [0.2, 0.25) is 0 Å². The molecule has 1 rings (SSSR count). The summed E-state index contributed by atoms with van der Waals surface area (Å²) in [6, 6.07) is 0. The summed E-state index contributed by atoms with van der Waals surface area (Å²) in [7, 11) is 0. The molecule has 2 atom stereocenters. The Morgan fingerprint density at radius 3 is 2.92 bits per heavy atom. The molecule has 0 spiro atoms. The molecule has 0 aromatic carbocycles. The largest absolute Gasteiger partial charge is 0.353 e. The van der Waals surface area contributed by atoms with Crippen molar-refractivity contribution in [1.29, 1.82) is 0 Å². The molecule has 78 valence electrons. The van der Waals surface area contributed by atoms with Crippen molar-refractivity contribution in [2.75, 3.05) is 13.2 Å². The van der Waals surface area contributed by atoms with Crippen LogP contribution in [0.25, 0.3) is 0 Å². The van der Waals surface area contributed by atoms with E-state index in [1.807, 2.05) is 0 Å². The molecule has 0 aromatic rings. The molecule has 0 aromatic heterocycles. The number of rotatable bonds is 5. The van der Waals surface area contributed by atoms with E-state index in [1.165, 1.54) is 25.7 Å². The van der Waals surface area contributed by atoms with E-state index in [4.69, 9.17) is 9.47 Å². The molecule has 1 aliphatic rings. The van der Waals surface area contributed by atoms with Crippen LogP contribution in [0, 0.1) is 5.92 Å². The van der Waals surface area contributed by atoms with Gasteiger partial charge in [0.05, 0.1) is 6.61 Å². The Morgan fingerprint density at radius 1 is 1.46 bits per heavy atom. The van der Waals surface area contributed by atoms with Gasteiger partial charge in [-0.15, -0.1) is 0 Å². The van der Waals surface area contributed by atoms with Crippen LogP contribution in [0.1, 0.15) is 46.0 Å². The van der Waals surface area contributed by atoms with Crippen LogP contribution in [-0.4, -0.2) is 19.5 Å². The second-order valence-corrected chi connectivity index (χ2v) is 4.02. The average Bonchev–Trinajstić information content (AvgIpc) is 2.17. The van der Waals surface area contributed by atoms with Crippen molar-refractivity contribution in [3.63, 3.8) is 0 Å². The van der Waals surface area contributed by atoms with E-state index in [0.717, 1.165) is 19.6 Å². The van der Waals surface area contributed by atoms with E-state index >= 15 is 0 Å². The zero-order valence-electron chi connectivity index (χ0n) is 8.92. The van der Waals surface area contributed by atoms with Crippen LogP contribution in [0.4, 0.5) is 0 Å². The maximum Gasteiger partial charge on any atom is 0.157 e. The highest BCUT2D eigenvalue weighted by Gasteiger charge is 2.14. The molecule has 1 aliphatic heterocycles. The molecule has 0 radical (unpaired) electrons. The highest BCUT2D eigenvalue weighted by atomic mass is 16.7. The summed E-state index contributed by atoms with van der Waals surface area (Å²) < 4.78 is 11.2. The topological polar surface area (TPSA) is 18.5 Å². The van der Waals surface area contributed by atoms with Crippen LogP contribution < -0.4 is 0 Å². The minimum Gasteiger partial charge on any atom is -0.353 e. The monoisotopic (exact) mass is 186 g/mol. The Morgan fingerprint density at radius 2 is 2.31 bits per heavy atom. The molecule has 2 nitrogen and oxygen atoms in total. The van der Waals surface area contributed by atoms with Crippen molar-refractivity contribution in [1.82, 2.24) is 0 Å². The Labute approximate surface area is 81.6 Å². The molecular formula is C11H22O2. The fraction of sp³-hybridized carbons (Fsp3) is 1.00. The summed E-state index contributed by atoms with van der Waals surface area (Å²) in [6.45, 7) is 6.20. The van der Waals surface area contributed by atoms with Crippen LogP contribution in [0.3, 0.4) is 0 Å². The number of ether oxygens (including phenoxy) is 2. The second kappa shape index (κ2) is 6.39. The first kappa shape index (κ1) is 11.0. The molecule has 1 fully saturated rings. The molecule has 0 saturated carbocycles. The predicted octanol–water partition coefficient (Wildman–Crippen LogP) is 2.97. The van der Waals surface area contributed by atoms with Gasteiger partial charge in [0.15, 0.2) is 6.29 Å². The van der Waals surface area contributed by atoms with Gasteiger partial charge in [0, 0.05) is 6.61 Å². The first-order valence-electron chi connectivity index (χ1n) is 5.56. The van der Waals surface area contributed by atoms with Crippen LogP contribution in [0.2, 0.25) is 0 Å². The molecule has 1 heterocycles. The second-order valence-electron chi connectivity index (χ2n) is 4.02. The van der Waals surface area contributed by atoms with E-state index in [0.29, 0.717) is 5.92 Å². The lowest BCUT2D eigenvalue weighted by Crippen LogP contribution is -2.24. The van der Waals surface area contributed by atoms with Gasteiger partial charge in [-0.1, -0.05) is 20.3 Å². The Hall–Kier alpha value is -0.0800. The SMILES string of the molecule is CCCC(C)COC1CCCCO1. The molecule has 13 heavy (non-hydrogen) atoms. The molecule has 2 heteroatoms.